The molecule has 1 amide bonds. The van der Waals surface area contributed by atoms with Crippen LogP contribution in [-0.2, 0) is 4.79 Å². The smallest absolute Gasteiger partial charge is 0.243 e. The van der Waals surface area contributed by atoms with Crippen LogP contribution in [0.4, 0.5) is 5.82 Å². The molecule has 18 heavy (non-hydrogen) atoms. The lowest BCUT2D eigenvalue weighted by atomic mass is 10.1. The van der Waals surface area contributed by atoms with E-state index < -0.39 is 0 Å². The van der Waals surface area contributed by atoms with E-state index in [1.807, 2.05) is 37.8 Å². The first-order valence-corrected chi connectivity index (χ1v) is 5.95. The lowest BCUT2D eigenvalue weighted by Crippen LogP contribution is -2.43. The second kappa shape index (κ2) is 4.68. The van der Waals surface area contributed by atoms with Gasteiger partial charge in [0.15, 0.2) is 0 Å². The summed E-state index contributed by atoms with van der Waals surface area (Å²) < 4.78 is 0. The number of hydrogen-bond donors (Lipinski definition) is 2. The number of nitrogen functional groups attached to an aromatic ring is 1. The van der Waals surface area contributed by atoms with Crippen LogP contribution in [0.2, 0.25) is 0 Å². The van der Waals surface area contributed by atoms with E-state index in [0.29, 0.717) is 12.4 Å². The van der Waals surface area contributed by atoms with Crippen molar-refractivity contribution in [3.05, 3.63) is 35.3 Å². The molecule has 2 heterocycles. The molecule has 0 aliphatic carbocycles. The zero-order chi connectivity index (χ0) is 13.3. The van der Waals surface area contributed by atoms with Gasteiger partial charge in [-0.15, -0.1) is 0 Å². The van der Waals surface area contributed by atoms with Crippen LogP contribution < -0.4 is 11.1 Å². The molecule has 1 atom stereocenters. The Balaban J connectivity index is 2.34. The zero-order valence-electron chi connectivity index (χ0n) is 10.9. The first-order valence-electron chi connectivity index (χ1n) is 5.95. The number of pyridine rings is 1. The summed E-state index contributed by atoms with van der Waals surface area (Å²) in [6, 6.07) is 3.83. The van der Waals surface area contributed by atoms with E-state index in [9.17, 15) is 4.79 Å². The SMILES string of the molecule is CC1=C(C)N(C(C)c2cccnc2N)CC(=O)N1. The Bertz CT molecular complexity index is 509. The first-order chi connectivity index (χ1) is 8.50. The summed E-state index contributed by atoms with van der Waals surface area (Å²) in [6.07, 6.45) is 1.67. The van der Waals surface area contributed by atoms with E-state index in [-0.39, 0.29) is 11.9 Å². The van der Waals surface area contributed by atoms with Gasteiger partial charge in [-0.3, -0.25) is 4.79 Å². The van der Waals surface area contributed by atoms with Crippen molar-refractivity contribution in [2.24, 2.45) is 0 Å². The van der Waals surface area contributed by atoms with Crippen LogP contribution in [0.1, 0.15) is 32.4 Å². The normalized spacial score (nSPS) is 17.7. The Hall–Kier alpha value is -2.04. The van der Waals surface area contributed by atoms with Crippen LogP contribution in [0.25, 0.3) is 0 Å². The molecule has 3 N–H and O–H groups in total. The first kappa shape index (κ1) is 12.4. The molecule has 5 heteroatoms. The van der Waals surface area contributed by atoms with Crippen molar-refractivity contribution in [2.45, 2.75) is 26.8 Å². The van der Waals surface area contributed by atoms with Gasteiger partial charge >= 0.3 is 0 Å². The summed E-state index contributed by atoms with van der Waals surface area (Å²) in [5.41, 5.74) is 8.78. The summed E-state index contributed by atoms with van der Waals surface area (Å²) in [5, 5.41) is 2.83. The summed E-state index contributed by atoms with van der Waals surface area (Å²) in [6.45, 7) is 6.28. The molecule has 0 aromatic carbocycles. The average molecular weight is 246 g/mol. The number of hydrogen-bond acceptors (Lipinski definition) is 4. The Kier molecular flexibility index (Phi) is 3.23. The van der Waals surface area contributed by atoms with Crippen molar-refractivity contribution in [3.8, 4) is 0 Å². The Labute approximate surface area is 107 Å². The largest absolute Gasteiger partial charge is 0.383 e. The Morgan fingerprint density at radius 1 is 1.50 bits per heavy atom. The third-order valence-corrected chi connectivity index (χ3v) is 3.40. The van der Waals surface area contributed by atoms with Gasteiger partial charge in [0.2, 0.25) is 5.91 Å². The number of amides is 1. The fourth-order valence-electron chi connectivity index (χ4n) is 2.21. The van der Waals surface area contributed by atoms with Crippen molar-refractivity contribution in [1.29, 1.82) is 0 Å². The number of nitrogens with one attached hydrogen (secondary N) is 1. The molecule has 0 spiro atoms. The van der Waals surface area contributed by atoms with Gasteiger partial charge in [-0.05, 0) is 26.8 Å². The number of rotatable bonds is 2. The van der Waals surface area contributed by atoms with Crippen molar-refractivity contribution in [2.75, 3.05) is 12.3 Å². The number of carbonyl (C=O) groups excluding carboxylic acids is 1. The van der Waals surface area contributed by atoms with Gasteiger partial charge in [0.05, 0.1) is 12.6 Å². The molecular formula is C13H18N4O. The summed E-state index contributed by atoms with van der Waals surface area (Å²) in [7, 11) is 0. The minimum absolute atomic E-state index is 0.00686. The minimum Gasteiger partial charge on any atom is -0.383 e. The molecule has 0 bridgehead atoms. The molecule has 1 aliphatic heterocycles. The summed E-state index contributed by atoms with van der Waals surface area (Å²) >= 11 is 0. The second-order valence-electron chi connectivity index (χ2n) is 4.54. The van der Waals surface area contributed by atoms with Gasteiger partial charge < -0.3 is 16.0 Å². The van der Waals surface area contributed by atoms with Crippen LogP contribution in [-0.4, -0.2) is 22.3 Å². The standard InChI is InChI=1S/C13H18N4O/c1-8-9(2)17(7-12(18)16-8)10(3)11-5-4-6-15-13(11)14/h4-6,10H,7H2,1-3H3,(H2,14,15)(H,16,18). The van der Waals surface area contributed by atoms with Gasteiger partial charge in [-0.25, -0.2) is 4.98 Å². The third kappa shape index (κ3) is 2.16. The molecule has 1 aliphatic rings. The Morgan fingerprint density at radius 2 is 2.22 bits per heavy atom. The van der Waals surface area contributed by atoms with Crippen LogP contribution in [0.15, 0.2) is 29.7 Å². The zero-order valence-corrected chi connectivity index (χ0v) is 10.9. The molecule has 5 nitrogen and oxygen atoms in total. The highest BCUT2D eigenvalue weighted by Gasteiger charge is 2.25. The summed E-state index contributed by atoms with van der Waals surface area (Å²) in [4.78, 5) is 17.8. The number of nitrogens with zero attached hydrogens (tertiary/aromatic N) is 2. The Morgan fingerprint density at radius 3 is 2.89 bits per heavy atom. The fourth-order valence-corrected chi connectivity index (χ4v) is 2.21. The van der Waals surface area contributed by atoms with Crippen LogP contribution in [0, 0.1) is 0 Å². The highest BCUT2D eigenvalue weighted by Crippen LogP contribution is 2.28. The van der Waals surface area contributed by atoms with E-state index in [4.69, 9.17) is 5.73 Å². The number of aromatic nitrogens is 1. The molecule has 0 radical (unpaired) electrons. The van der Waals surface area contributed by atoms with Gasteiger partial charge in [0.1, 0.15) is 5.82 Å². The van der Waals surface area contributed by atoms with Crippen LogP contribution in [0.5, 0.6) is 0 Å². The highest BCUT2D eigenvalue weighted by molar-refractivity contribution is 5.81. The molecule has 2 rings (SSSR count). The number of carbonyl (C=O) groups is 1. The monoisotopic (exact) mass is 246 g/mol. The maximum Gasteiger partial charge on any atom is 0.243 e. The average Bonchev–Trinajstić information content (AvgIpc) is 2.33. The van der Waals surface area contributed by atoms with E-state index in [1.165, 1.54) is 0 Å². The highest BCUT2D eigenvalue weighted by atomic mass is 16.2. The molecule has 0 saturated heterocycles. The van der Waals surface area contributed by atoms with E-state index in [2.05, 4.69) is 10.3 Å². The molecule has 0 fully saturated rings. The van der Waals surface area contributed by atoms with Crippen LogP contribution in [0.3, 0.4) is 0 Å². The third-order valence-electron chi connectivity index (χ3n) is 3.40. The predicted octanol–water partition coefficient (Wildman–Crippen LogP) is 1.41. The van der Waals surface area contributed by atoms with Crippen molar-refractivity contribution >= 4 is 11.7 Å². The summed E-state index contributed by atoms with van der Waals surface area (Å²) in [5.74, 6) is 0.522. The van der Waals surface area contributed by atoms with Gasteiger partial charge in [0.25, 0.3) is 0 Å². The lowest BCUT2D eigenvalue weighted by Gasteiger charge is -2.36. The maximum absolute atomic E-state index is 11.6. The molecule has 1 unspecified atom stereocenters. The van der Waals surface area contributed by atoms with Gasteiger partial charge in [-0.1, -0.05) is 6.07 Å². The van der Waals surface area contributed by atoms with Crippen molar-refractivity contribution < 1.29 is 4.79 Å². The molecular weight excluding hydrogens is 228 g/mol. The predicted molar refractivity (Wildman–Crippen MR) is 70.3 cm³/mol. The number of nitrogens with two attached hydrogens (primary N) is 1. The van der Waals surface area contributed by atoms with E-state index >= 15 is 0 Å². The molecule has 96 valence electrons. The number of anilines is 1. The van der Waals surface area contributed by atoms with Crippen molar-refractivity contribution in [1.82, 2.24) is 15.2 Å². The van der Waals surface area contributed by atoms with Crippen LogP contribution >= 0.6 is 0 Å². The topological polar surface area (TPSA) is 71.2 Å². The number of allylic oxidation sites excluding steroid dienone is 2. The van der Waals surface area contributed by atoms with E-state index in [0.717, 1.165) is 17.0 Å². The van der Waals surface area contributed by atoms with E-state index in [1.54, 1.807) is 6.20 Å². The quantitative estimate of drug-likeness (QED) is 0.827. The molecule has 0 saturated carbocycles. The molecule has 1 aromatic heterocycles. The fraction of sp³-hybridized carbons (Fsp3) is 0.385. The lowest BCUT2D eigenvalue weighted by molar-refractivity contribution is -0.122. The van der Waals surface area contributed by atoms with Crippen molar-refractivity contribution in [3.63, 3.8) is 0 Å². The minimum atomic E-state index is 0.00686. The van der Waals surface area contributed by atoms with Gasteiger partial charge in [0, 0.05) is 23.2 Å². The van der Waals surface area contributed by atoms with Gasteiger partial charge in [-0.2, -0.15) is 0 Å². The second-order valence-corrected chi connectivity index (χ2v) is 4.54. The maximum atomic E-state index is 11.6. The molecule has 1 aromatic rings.